The molecule has 1 unspecified atom stereocenters. The van der Waals surface area contributed by atoms with Crippen LogP contribution in [0.4, 0.5) is 0 Å². The molecule has 0 radical (unpaired) electrons. The molecule has 0 bridgehead atoms. The second-order valence-corrected chi connectivity index (χ2v) is 5.20. The van der Waals surface area contributed by atoms with Gasteiger partial charge < -0.3 is 15.4 Å². The second-order valence-electron chi connectivity index (χ2n) is 5.20. The predicted octanol–water partition coefficient (Wildman–Crippen LogP) is 2.20. The largest absolute Gasteiger partial charge is 0.378 e. The maximum absolute atomic E-state index is 5.74. The van der Waals surface area contributed by atoms with E-state index in [1.807, 2.05) is 25.1 Å². The Labute approximate surface area is 128 Å². The number of nitrogens with one attached hydrogen (secondary N) is 2. The van der Waals surface area contributed by atoms with Crippen LogP contribution in [0.25, 0.3) is 0 Å². The summed E-state index contributed by atoms with van der Waals surface area (Å²) in [6.45, 7) is 8.68. The molecule has 0 aliphatic rings. The molecule has 1 aromatic heterocycles. The van der Waals surface area contributed by atoms with Crippen molar-refractivity contribution in [3.8, 4) is 0 Å². The lowest BCUT2D eigenvalue weighted by Crippen LogP contribution is -2.39. The molecular formula is C16H28N4O. The van der Waals surface area contributed by atoms with Crippen molar-refractivity contribution < 1.29 is 4.74 Å². The average molecular weight is 292 g/mol. The molecule has 1 heterocycles. The van der Waals surface area contributed by atoms with E-state index in [1.165, 1.54) is 0 Å². The number of rotatable bonds is 8. The van der Waals surface area contributed by atoms with Crippen LogP contribution in [0.3, 0.4) is 0 Å². The third-order valence-corrected chi connectivity index (χ3v) is 3.23. The SMILES string of the molecule is CCOC(CCNC(=NC)NCc1ccccn1)C(C)C. The van der Waals surface area contributed by atoms with Crippen molar-refractivity contribution >= 4 is 5.96 Å². The molecule has 1 aromatic rings. The van der Waals surface area contributed by atoms with E-state index in [2.05, 4.69) is 34.5 Å². The maximum atomic E-state index is 5.74. The fourth-order valence-electron chi connectivity index (χ4n) is 2.05. The van der Waals surface area contributed by atoms with Crippen LogP contribution in [0.5, 0.6) is 0 Å². The molecular weight excluding hydrogens is 264 g/mol. The summed E-state index contributed by atoms with van der Waals surface area (Å²) in [5.41, 5.74) is 0.995. The van der Waals surface area contributed by atoms with Gasteiger partial charge in [-0.3, -0.25) is 9.98 Å². The van der Waals surface area contributed by atoms with Crippen LogP contribution in [0.15, 0.2) is 29.4 Å². The summed E-state index contributed by atoms with van der Waals surface area (Å²) in [4.78, 5) is 8.49. The Bertz CT molecular complexity index is 406. The highest BCUT2D eigenvalue weighted by molar-refractivity contribution is 5.79. The first-order valence-electron chi connectivity index (χ1n) is 7.63. The molecule has 5 heteroatoms. The highest BCUT2D eigenvalue weighted by Crippen LogP contribution is 2.09. The molecule has 0 aromatic carbocycles. The third-order valence-electron chi connectivity index (χ3n) is 3.23. The number of aromatic nitrogens is 1. The highest BCUT2D eigenvalue weighted by Gasteiger charge is 2.12. The summed E-state index contributed by atoms with van der Waals surface area (Å²) >= 11 is 0. The van der Waals surface area contributed by atoms with Crippen molar-refractivity contribution in [2.75, 3.05) is 20.2 Å². The van der Waals surface area contributed by atoms with E-state index in [0.29, 0.717) is 12.5 Å². The van der Waals surface area contributed by atoms with Gasteiger partial charge in [0.15, 0.2) is 5.96 Å². The Hall–Kier alpha value is -1.62. The lowest BCUT2D eigenvalue weighted by atomic mass is 10.0. The summed E-state index contributed by atoms with van der Waals surface area (Å²) in [6, 6.07) is 5.88. The molecule has 2 N–H and O–H groups in total. The smallest absolute Gasteiger partial charge is 0.191 e. The summed E-state index contributed by atoms with van der Waals surface area (Å²) in [7, 11) is 1.77. The molecule has 0 fully saturated rings. The Morgan fingerprint density at radius 2 is 2.14 bits per heavy atom. The van der Waals surface area contributed by atoms with Crippen molar-refractivity contribution in [2.45, 2.75) is 39.8 Å². The molecule has 0 amide bonds. The van der Waals surface area contributed by atoms with Gasteiger partial charge in [-0.05, 0) is 31.4 Å². The van der Waals surface area contributed by atoms with Crippen molar-refractivity contribution in [1.82, 2.24) is 15.6 Å². The van der Waals surface area contributed by atoms with E-state index in [9.17, 15) is 0 Å². The zero-order valence-corrected chi connectivity index (χ0v) is 13.6. The topological polar surface area (TPSA) is 58.5 Å². The fourth-order valence-corrected chi connectivity index (χ4v) is 2.05. The Morgan fingerprint density at radius 3 is 2.71 bits per heavy atom. The standard InChI is InChI=1S/C16H28N4O/c1-5-21-15(13(2)3)9-11-19-16(17-4)20-12-14-8-6-7-10-18-14/h6-8,10,13,15H,5,9,11-12H2,1-4H3,(H2,17,19,20). The first-order chi connectivity index (χ1) is 10.2. The van der Waals surface area contributed by atoms with Gasteiger partial charge >= 0.3 is 0 Å². The number of nitrogens with zero attached hydrogens (tertiary/aromatic N) is 2. The number of pyridine rings is 1. The molecule has 0 saturated heterocycles. The van der Waals surface area contributed by atoms with Crippen LogP contribution in [0, 0.1) is 5.92 Å². The van der Waals surface area contributed by atoms with Crippen molar-refractivity contribution in [3.63, 3.8) is 0 Å². The van der Waals surface area contributed by atoms with Gasteiger partial charge in [-0.15, -0.1) is 0 Å². The quantitative estimate of drug-likeness (QED) is 0.570. The van der Waals surface area contributed by atoms with Gasteiger partial charge in [0.05, 0.1) is 18.3 Å². The molecule has 0 saturated carbocycles. The van der Waals surface area contributed by atoms with E-state index >= 15 is 0 Å². The van der Waals surface area contributed by atoms with Crippen molar-refractivity contribution in [2.24, 2.45) is 10.9 Å². The molecule has 0 spiro atoms. The van der Waals surface area contributed by atoms with Gasteiger partial charge in [-0.1, -0.05) is 19.9 Å². The monoisotopic (exact) mass is 292 g/mol. The summed E-state index contributed by atoms with van der Waals surface area (Å²) < 4.78 is 5.74. The number of guanidine groups is 1. The van der Waals surface area contributed by atoms with E-state index < -0.39 is 0 Å². The van der Waals surface area contributed by atoms with E-state index in [0.717, 1.165) is 31.2 Å². The third kappa shape index (κ3) is 7.09. The second kappa shape index (κ2) is 10.2. The predicted molar refractivity (Wildman–Crippen MR) is 87.3 cm³/mol. The average Bonchev–Trinajstić information content (AvgIpc) is 2.50. The van der Waals surface area contributed by atoms with Crippen LogP contribution in [-0.4, -0.2) is 37.2 Å². The fraction of sp³-hybridized carbons (Fsp3) is 0.625. The molecule has 5 nitrogen and oxygen atoms in total. The van der Waals surface area contributed by atoms with Gasteiger partial charge in [0, 0.05) is 26.4 Å². The Kier molecular flexibility index (Phi) is 8.43. The van der Waals surface area contributed by atoms with Crippen molar-refractivity contribution in [3.05, 3.63) is 30.1 Å². The van der Waals surface area contributed by atoms with Gasteiger partial charge in [0.25, 0.3) is 0 Å². The number of aliphatic imine (C=N–C) groups is 1. The highest BCUT2D eigenvalue weighted by atomic mass is 16.5. The number of hydrogen-bond acceptors (Lipinski definition) is 3. The normalized spacial score (nSPS) is 13.3. The molecule has 21 heavy (non-hydrogen) atoms. The van der Waals surface area contributed by atoms with Crippen LogP contribution in [0.2, 0.25) is 0 Å². The van der Waals surface area contributed by atoms with E-state index in [1.54, 1.807) is 13.2 Å². The van der Waals surface area contributed by atoms with Crippen LogP contribution < -0.4 is 10.6 Å². The summed E-state index contributed by atoms with van der Waals surface area (Å²) in [5, 5.41) is 6.57. The molecule has 1 atom stereocenters. The zero-order chi connectivity index (χ0) is 15.5. The van der Waals surface area contributed by atoms with Crippen LogP contribution >= 0.6 is 0 Å². The molecule has 0 aliphatic heterocycles. The van der Waals surface area contributed by atoms with Crippen molar-refractivity contribution in [1.29, 1.82) is 0 Å². The summed E-state index contributed by atoms with van der Waals surface area (Å²) in [6.07, 6.45) is 3.05. The van der Waals surface area contributed by atoms with E-state index in [4.69, 9.17) is 4.74 Å². The van der Waals surface area contributed by atoms with Gasteiger partial charge in [-0.2, -0.15) is 0 Å². The molecule has 0 aliphatic carbocycles. The van der Waals surface area contributed by atoms with Crippen LogP contribution in [-0.2, 0) is 11.3 Å². The first-order valence-corrected chi connectivity index (χ1v) is 7.63. The van der Waals surface area contributed by atoms with E-state index in [-0.39, 0.29) is 6.10 Å². The Morgan fingerprint density at radius 1 is 1.33 bits per heavy atom. The minimum absolute atomic E-state index is 0.288. The molecule has 1 rings (SSSR count). The molecule has 118 valence electrons. The lowest BCUT2D eigenvalue weighted by molar-refractivity contribution is 0.0258. The lowest BCUT2D eigenvalue weighted by Gasteiger charge is -2.21. The van der Waals surface area contributed by atoms with Gasteiger partial charge in [0.1, 0.15) is 0 Å². The minimum Gasteiger partial charge on any atom is -0.378 e. The van der Waals surface area contributed by atoms with Gasteiger partial charge in [0.2, 0.25) is 0 Å². The number of ether oxygens (including phenoxy) is 1. The van der Waals surface area contributed by atoms with Gasteiger partial charge in [-0.25, -0.2) is 0 Å². The zero-order valence-electron chi connectivity index (χ0n) is 13.6. The number of hydrogen-bond donors (Lipinski definition) is 2. The minimum atomic E-state index is 0.288. The van der Waals surface area contributed by atoms with Crippen LogP contribution in [0.1, 0.15) is 32.9 Å². The maximum Gasteiger partial charge on any atom is 0.191 e. The Balaban J connectivity index is 2.31. The summed E-state index contributed by atoms with van der Waals surface area (Å²) in [5.74, 6) is 1.31. The first kappa shape index (κ1) is 17.4.